The third-order valence-corrected chi connectivity index (χ3v) is 6.85. The van der Waals surface area contributed by atoms with Gasteiger partial charge in [-0.2, -0.15) is 0 Å². The Labute approximate surface area is 176 Å². The molecule has 0 spiro atoms. The van der Waals surface area contributed by atoms with Gasteiger partial charge in [-0.15, -0.1) is 0 Å². The smallest absolute Gasteiger partial charge is 0.251 e. The first-order chi connectivity index (χ1) is 13.9. The summed E-state index contributed by atoms with van der Waals surface area (Å²) in [6, 6.07) is 14.1. The highest BCUT2D eigenvalue weighted by atomic mass is 35.5. The van der Waals surface area contributed by atoms with Crippen LogP contribution in [0.3, 0.4) is 0 Å². The van der Waals surface area contributed by atoms with Crippen molar-refractivity contribution in [2.24, 2.45) is 0 Å². The van der Waals surface area contributed by atoms with E-state index in [2.05, 4.69) is 10.0 Å². The molecule has 6 nitrogen and oxygen atoms in total. The Morgan fingerprint density at radius 1 is 1.24 bits per heavy atom. The van der Waals surface area contributed by atoms with Crippen LogP contribution in [-0.2, 0) is 14.8 Å². The number of benzene rings is 2. The highest BCUT2D eigenvalue weighted by Gasteiger charge is 2.23. The normalized spacial score (nSPS) is 17.8. The number of ether oxygens (including phenoxy) is 1. The van der Waals surface area contributed by atoms with Gasteiger partial charge in [-0.1, -0.05) is 48.9 Å². The Morgan fingerprint density at radius 3 is 2.69 bits per heavy atom. The number of hydrogen-bond acceptors (Lipinski definition) is 4. The van der Waals surface area contributed by atoms with E-state index in [0.29, 0.717) is 13.2 Å². The van der Waals surface area contributed by atoms with Crippen molar-refractivity contribution in [1.82, 2.24) is 10.0 Å². The molecule has 0 bridgehead atoms. The molecule has 0 aliphatic carbocycles. The molecule has 1 aliphatic heterocycles. The highest BCUT2D eigenvalue weighted by Crippen LogP contribution is 2.23. The first kappa shape index (κ1) is 21.8. The number of carbonyl (C=O) groups excluding carboxylic acids is 1. The molecular weight excluding hydrogens is 412 g/mol. The van der Waals surface area contributed by atoms with Crippen LogP contribution in [0.4, 0.5) is 0 Å². The van der Waals surface area contributed by atoms with Crippen molar-refractivity contribution in [2.45, 2.75) is 36.7 Å². The zero-order valence-corrected chi connectivity index (χ0v) is 17.8. The van der Waals surface area contributed by atoms with E-state index < -0.39 is 10.0 Å². The average molecular weight is 437 g/mol. The first-order valence-corrected chi connectivity index (χ1v) is 11.5. The Hall–Kier alpha value is -1.93. The van der Waals surface area contributed by atoms with Crippen LogP contribution in [0.1, 0.15) is 41.6 Å². The van der Waals surface area contributed by atoms with E-state index in [-0.39, 0.29) is 40.0 Å². The minimum absolute atomic E-state index is 0.0686. The van der Waals surface area contributed by atoms with Gasteiger partial charge in [-0.3, -0.25) is 4.79 Å². The third-order valence-electron chi connectivity index (χ3n) is 4.95. The molecular formula is C21H25ClN2O4S. The highest BCUT2D eigenvalue weighted by molar-refractivity contribution is 7.89. The molecule has 0 radical (unpaired) electrons. The van der Waals surface area contributed by atoms with Crippen molar-refractivity contribution in [3.63, 3.8) is 0 Å². The fourth-order valence-electron chi connectivity index (χ4n) is 3.18. The molecule has 2 N–H and O–H groups in total. The predicted octanol–water partition coefficient (Wildman–Crippen LogP) is 3.33. The van der Waals surface area contributed by atoms with Crippen molar-refractivity contribution in [1.29, 1.82) is 0 Å². The molecule has 1 saturated heterocycles. The molecule has 3 rings (SSSR count). The van der Waals surface area contributed by atoms with Crippen LogP contribution in [0, 0.1) is 0 Å². The summed E-state index contributed by atoms with van der Waals surface area (Å²) >= 11 is 6.11. The topological polar surface area (TPSA) is 84.5 Å². The van der Waals surface area contributed by atoms with Crippen molar-refractivity contribution in [3.8, 4) is 0 Å². The summed E-state index contributed by atoms with van der Waals surface area (Å²) in [4.78, 5) is 12.4. The fraction of sp³-hybridized carbons (Fsp3) is 0.381. The second-order valence-corrected chi connectivity index (χ2v) is 9.30. The van der Waals surface area contributed by atoms with E-state index in [4.69, 9.17) is 16.3 Å². The van der Waals surface area contributed by atoms with Crippen molar-refractivity contribution in [3.05, 3.63) is 64.7 Å². The number of amides is 1. The lowest BCUT2D eigenvalue weighted by Crippen LogP contribution is -2.32. The van der Waals surface area contributed by atoms with Gasteiger partial charge in [0.05, 0.1) is 11.1 Å². The van der Waals surface area contributed by atoms with Crippen LogP contribution >= 0.6 is 11.6 Å². The van der Waals surface area contributed by atoms with Crippen molar-refractivity contribution in [2.75, 3.05) is 19.7 Å². The van der Waals surface area contributed by atoms with E-state index in [0.717, 1.165) is 18.4 Å². The minimum atomic E-state index is -3.85. The molecule has 0 aromatic heterocycles. The maximum absolute atomic E-state index is 12.7. The monoisotopic (exact) mass is 436 g/mol. The molecule has 2 unspecified atom stereocenters. The van der Waals surface area contributed by atoms with E-state index >= 15 is 0 Å². The average Bonchev–Trinajstić information content (AvgIpc) is 3.25. The Kier molecular flexibility index (Phi) is 7.29. The molecule has 2 atom stereocenters. The molecule has 1 aliphatic rings. The zero-order valence-electron chi connectivity index (χ0n) is 16.2. The number of halogens is 1. The van der Waals surface area contributed by atoms with E-state index in [1.807, 2.05) is 37.3 Å². The van der Waals surface area contributed by atoms with Crippen LogP contribution in [0.5, 0.6) is 0 Å². The van der Waals surface area contributed by atoms with Gasteiger partial charge in [0.2, 0.25) is 10.0 Å². The summed E-state index contributed by atoms with van der Waals surface area (Å²) < 4.78 is 33.3. The molecule has 0 saturated carbocycles. The summed E-state index contributed by atoms with van der Waals surface area (Å²) in [6.07, 6.45) is 1.61. The Balaban J connectivity index is 1.66. The lowest BCUT2D eigenvalue weighted by molar-refractivity contribution is 0.0951. The summed E-state index contributed by atoms with van der Waals surface area (Å²) in [5, 5.41) is 2.92. The van der Waals surface area contributed by atoms with Crippen molar-refractivity contribution >= 4 is 27.5 Å². The molecule has 1 amide bonds. The van der Waals surface area contributed by atoms with Gasteiger partial charge in [0.25, 0.3) is 5.91 Å². The first-order valence-electron chi connectivity index (χ1n) is 9.61. The molecule has 1 heterocycles. The Morgan fingerprint density at radius 2 is 2.00 bits per heavy atom. The number of nitrogens with one attached hydrogen (secondary N) is 2. The number of sulfonamides is 1. The molecule has 29 heavy (non-hydrogen) atoms. The maximum Gasteiger partial charge on any atom is 0.251 e. The van der Waals surface area contributed by atoms with Crippen LogP contribution in [0.25, 0.3) is 0 Å². The van der Waals surface area contributed by atoms with Gasteiger partial charge >= 0.3 is 0 Å². The van der Waals surface area contributed by atoms with Gasteiger partial charge in [-0.05, 0) is 42.5 Å². The SMILES string of the molecule is CC(CNC(=O)c1ccc(Cl)c(S(=O)(=O)NCC2CCCO2)c1)c1ccccc1. The van der Waals surface area contributed by atoms with Crippen LogP contribution in [0.15, 0.2) is 53.4 Å². The quantitative estimate of drug-likeness (QED) is 0.664. The van der Waals surface area contributed by atoms with Gasteiger partial charge in [0.1, 0.15) is 4.90 Å². The van der Waals surface area contributed by atoms with E-state index in [1.165, 1.54) is 18.2 Å². The van der Waals surface area contributed by atoms with Gasteiger partial charge in [-0.25, -0.2) is 13.1 Å². The van der Waals surface area contributed by atoms with Crippen molar-refractivity contribution < 1.29 is 17.9 Å². The molecule has 1 fully saturated rings. The summed E-state index contributed by atoms with van der Waals surface area (Å²) in [5.74, 6) is -0.219. The molecule has 8 heteroatoms. The van der Waals surface area contributed by atoms with E-state index in [9.17, 15) is 13.2 Å². The second-order valence-electron chi connectivity index (χ2n) is 7.15. The van der Waals surface area contributed by atoms with E-state index in [1.54, 1.807) is 0 Å². The standard InChI is InChI=1S/C21H25ClN2O4S/c1-15(16-6-3-2-4-7-16)13-23-21(25)17-9-10-19(22)20(12-17)29(26,27)24-14-18-8-5-11-28-18/h2-4,6-7,9-10,12,15,18,24H,5,8,11,13-14H2,1H3,(H,23,25). The van der Waals surface area contributed by atoms with Crippen LogP contribution in [0.2, 0.25) is 5.02 Å². The Bertz CT molecular complexity index is 944. The van der Waals surface area contributed by atoms with Gasteiger partial charge in [0.15, 0.2) is 0 Å². The van der Waals surface area contributed by atoms with Crippen LogP contribution < -0.4 is 10.0 Å². The third kappa shape index (κ3) is 5.79. The lowest BCUT2D eigenvalue weighted by atomic mass is 10.0. The number of carbonyl (C=O) groups is 1. The zero-order chi connectivity index (χ0) is 20.9. The van der Waals surface area contributed by atoms with Crippen LogP contribution in [-0.4, -0.2) is 40.1 Å². The van der Waals surface area contributed by atoms with Gasteiger partial charge in [0, 0.05) is 25.3 Å². The number of hydrogen-bond donors (Lipinski definition) is 2. The van der Waals surface area contributed by atoms with Gasteiger partial charge < -0.3 is 10.1 Å². The molecule has 2 aromatic rings. The lowest BCUT2D eigenvalue weighted by Gasteiger charge is -2.15. The predicted molar refractivity (Wildman–Crippen MR) is 113 cm³/mol. The molecule has 2 aromatic carbocycles. The summed E-state index contributed by atoms with van der Waals surface area (Å²) in [5.41, 5.74) is 1.36. The largest absolute Gasteiger partial charge is 0.377 e. The fourth-order valence-corrected chi connectivity index (χ4v) is 4.77. The second kappa shape index (κ2) is 9.71. The summed E-state index contributed by atoms with van der Waals surface area (Å²) in [6.45, 7) is 3.28. The maximum atomic E-state index is 12.7. The number of rotatable bonds is 8. The molecule has 156 valence electrons. The minimum Gasteiger partial charge on any atom is -0.377 e. The summed E-state index contributed by atoms with van der Waals surface area (Å²) in [7, 11) is -3.85.